The SMILES string of the molecule is CCN1CCC(CCCNc2ncc(Br)c(-c3cc4c(C(=O)ONC5CC5)cccc4s3)n2)CC1.Cl.Cl. The van der Waals surface area contributed by atoms with E-state index in [0.717, 1.165) is 56.9 Å². The van der Waals surface area contributed by atoms with Gasteiger partial charge in [0.25, 0.3) is 0 Å². The average Bonchev–Trinajstić information content (AvgIpc) is 3.62. The van der Waals surface area contributed by atoms with Crippen molar-refractivity contribution in [2.75, 3.05) is 31.5 Å². The molecule has 37 heavy (non-hydrogen) atoms. The zero-order valence-corrected chi connectivity index (χ0v) is 24.9. The van der Waals surface area contributed by atoms with Gasteiger partial charge in [0.05, 0.1) is 14.9 Å². The van der Waals surface area contributed by atoms with Crippen molar-refractivity contribution in [2.45, 2.75) is 51.5 Å². The lowest BCUT2D eigenvalue weighted by atomic mass is 9.92. The van der Waals surface area contributed by atoms with Crippen LogP contribution in [0.5, 0.6) is 0 Å². The molecule has 2 N–H and O–H groups in total. The Balaban J connectivity index is 0.00000190. The Bertz CT molecular complexity index is 1180. The van der Waals surface area contributed by atoms with E-state index >= 15 is 0 Å². The predicted molar refractivity (Wildman–Crippen MR) is 159 cm³/mol. The number of hydrogen-bond donors (Lipinski definition) is 2. The molecule has 1 aliphatic heterocycles. The predicted octanol–water partition coefficient (Wildman–Crippen LogP) is 6.71. The van der Waals surface area contributed by atoms with Gasteiger partial charge >= 0.3 is 5.97 Å². The van der Waals surface area contributed by atoms with Gasteiger partial charge in [-0.2, -0.15) is 0 Å². The first-order valence-electron chi connectivity index (χ1n) is 12.6. The summed E-state index contributed by atoms with van der Waals surface area (Å²) in [6, 6.07) is 8.04. The molecule has 0 spiro atoms. The second-order valence-corrected chi connectivity index (χ2v) is 11.4. The number of hydroxylamine groups is 1. The molecule has 1 saturated heterocycles. The van der Waals surface area contributed by atoms with Crippen molar-refractivity contribution in [3.63, 3.8) is 0 Å². The van der Waals surface area contributed by atoms with Gasteiger partial charge < -0.3 is 15.1 Å². The molecule has 11 heteroatoms. The number of nitrogens with zero attached hydrogens (tertiary/aromatic N) is 3. The van der Waals surface area contributed by atoms with Crippen molar-refractivity contribution in [1.82, 2.24) is 20.3 Å². The number of benzene rings is 1. The summed E-state index contributed by atoms with van der Waals surface area (Å²) in [5.41, 5.74) is 4.23. The minimum absolute atomic E-state index is 0. The highest BCUT2D eigenvalue weighted by Crippen LogP contribution is 2.37. The van der Waals surface area contributed by atoms with E-state index in [9.17, 15) is 4.79 Å². The molecular weight excluding hydrogens is 597 g/mol. The number of carbonyl (C=O) groups excluding carboxylic acids is 1. The molecule has 0 atom stereocenters. The van der Waals surface area contributed by atoms with E-state index in [1.165, 1.54) is 38.9 Å². The lowest BCUT2D eigenvalue weighted by molar-refractivity contribution is 0.0238. The summed E-state index contributed by atoms with van der Waals surface area (Å²) < 4.78 is 1.85. The summed E-state index contributed by atoms with van der Waals surface area (Å²) in [7, 11) is 0. The van der Waals surface area contributed by atoms with Gasteiger partial charge in [0.1, 0.15) is 5.69 Å². The molecule has 2 aliphatic rings. The van der Waals surface area contributed by atoms with Gasteiger partial charge in [-0.05, 0) is 98.2 Å². The second kappa shape index (κ2) is 14.1. The summed E-state index contributed by atoms with van der Waals surface area (Å²) in [5.74, 6) is 1.12. The maximum Gasteiger partial charge on any atom is 0.357 e. The second-order valence-electron chi connectivity index (χ2n) is 9.45. The number of carbonyl (C=O) groups is 1. The summed E-state index contributed by atoms with van der Waals surface area (Å²) in [4.78, 5) is 30.7. The minimum atomic E-state index is -0.351. The molecule has 0 radical (unpaired) electrons. The summed E-state index contributed by atoms with van der Waals surface area (Å²) in [6.07, 6.45) is 8.89. The third kappa shape index (κ3) is 7.77. The number of hydrogen-bond acceptors (Lipinski definition) is 8. The van der Waals surface area contributed by atoms with E-state index in [2.05, 4.69) is 43.5 Å². The number of rotatable bonds is 10. The topological polar surface area (TPSA) is 79.4 Å². The van der Waals surface area contributed by atoms with Crippen LogP contribution in [0.15, 0.2) is 34.9 Å². The Hall–Kier alpha value is -1.49. The van der Waals surface area contributed by atoms with Gasteiger partial charge in [-0.3, -0.25) is 0 Å². The molecule has 1 saturated carbocycles. The third-order valence-corrected chi connectivity index (χ3v) is 8.57. The van der Waals surface area contributed by atoms with Crippen LogP contribution in [0.3, 0.4) is 0 Å². The Labute approximate surface area is 243 Å². The van der Waals surface area contributed by atoms with E-state index < -0.39 is 0 Å². The van der Waals surface area contributed by atoms with Crippen LogP contribution in [0.1, 0.15) is 55.8 Å². The monoisotopic (exact) mass is 629 g/mol. The van der Waals surface area contributed by atoms with E-state index in [4.69, 9.17) is 9.82 Å². The Morgan fingerprint density at radius 2 is 2.00 bits per heavy atom. The van der Waals surface area contributed by atoms with Crippen LogP contribution in [0.2, 0.25) is 0 Å². The Morgan fingerprint density at radius 1 is 1.22 bits per heavy atom. The molecule has 5 rings (SSSR count). The van der Waals surface area contributed by atoms with Crippen LogP contribution < -0.4 is 10.8 Å². The zero-order valence-electron chi connectivity index (χ0n) is 20.9. The fraction of sp³-hybridized carbons (Fsp3) is 0.500. The van der Waals surface area contributed by atoms with Crippen LogP contribution in [0, 0.1) is 5.92 Å². The lowest BCUT2D eigenvalue weighted by Gasteiger charge is -2.31. The Kier molecular flexibility index (Phi) is 11.4. The smallest absolute Gasteiger partial charge is 0.357 e. The first-order chi connectivity index (χ1) is 17.1. The number of thiophene rings is 1. The van der Waals surface area contributed by atoms with Gasteiger partial charge in [0, 0.05) is 28.9 Å². The molecule has 1 aliphatic carbocycles. The molecule has 0 unspecified atom stereocenters. The van der Waals surface area contributed by atoms with Crippen LogP contribution in [0.4, 0.5) is 5.95 Å². The summed E-state index contributed by atoms with van der Waals surface area (Å²) in [6.45, 7) is 6.75. The van der Waals surface area contributed by atoms with Crippen molar-refractivity contribution in [2.24, 2.45) is 5.92 Å². The summed E-state index contributed by atoms with van der Waals surface area (Å²) >= 11 is 5.22. The number of aromatic nitrogens is 2. The standard InChI is InChI=1S/C26H32BrN5O2S.2ClH/c1-2-32-13-10-17(11-14-32)5-4-12-28-26-29-16-21(27)24(30-26)23-15-20-19(6-3-7-22(20)35-23)25(33)34-31-18-8-9-18;;/h3,6-7,15-18,31H,2,4-5,8-14H2,1H3,(H,28,29,30);2*1H. The molecule has 0 amide bonds. The third-order valence-electron chi connectivity index (χ3n) is 6.88. The zero-order chi connectivity index (χ0) is 24.2. The Morgan fingerprint density at radius 3 is 2.73 bits per heavy atom. The number of nitrogens with one attached hydrogen (secondary N) is 2. The van der Waals surface area contributed by atoms with Crippen LogP contribution in [0.25, 0.3) is 20.7 Å². The van der Waals surface area contributed by atoms with Crippen molar-refractivity contribution in [3.05, 3.63) is 40.5 Å². The molecular formula is C26H34BrCl2N5O2S. The van der Waals surface area contributed by atoms with Crippen molar-refractivity contribution >= 4 is 74.1 Å². The number of piperidine rings is 1. The van der Waals surface area contributed by atoms with Crippen molar-refractivity contribution in [3.8, 4) is 10.6 Å². The van der Waals surface area contributed by atoms with Gasteiger partial charge in [-0.15, -0.1) is 41.6 Å². The number of likely N-dealkylation sites (tertiary alicyclic amines) is 1. The normalized spacial score (nSPS) is 16.2. The first-order valence-corrected chi connectivity index (χ1v) is 14.2. The number of fused-ring (bicyclic) bond motifs is 1. The fourth-order valence-corrected chi connectivity index (χ4v) is 6.18. The number of anilines is 1. The van der Waals surface area contributed by atoms with Crippen LogP contribution in [-0.4, -0.2) is 53.1 Å². The first kappa shape index (κ1) is 30.1. The van der Waals surface area contributed by atoms with E-state index in [0.29, 0.717) is 17.6 Å². The van der Waals surface area contributed by atoms with Gasteiger partial charge in [-0.1, -0.05) is 13.0 Å². The number of halogens is 3. The van der Waals surface area contributed by atoms with Crippen molar-refractivity contribution in [1.29, 1.82) is 0 Å². The summed E-state index contributed by atoms with van der Waals surface area (Å²) in [5, 5.41) is 4.29. The molecule has 3 heterocycles. The molecule has 7 nitrogen and oxygen atoms in total. The largest absolute Gasteiger partial charge is 0.366 e. The highest BCUT2D eigenvalue weighted by atomic mass is 79.9. The molecule has 0 bridgehead atoms. The maximum atomic E-state index is 12.6. The average molecular weight is 631 g/mol. The van der Waals surface area contributed by atoms with Crippen molar-refractivity contribution < 1.29 is 9.63 Å². The van der Waals surface area contributed by atoms with Gasteiger partial charge in [-0.25, -0.2) is 14.8 Å². The van der Waals surface area contributed by atoms with Gasteiger partial charge in [0.2, 0.25) is 5.95 Å². The van der Waals surface area contributed by atoms with E-state index in [1.807, 2.05) is 24.3 Å². The fourth-order valence-electron chi connectivity index (χ4n) is 4.56. The van der Waals surface area contributed by atoms with E-state index in [-0.39, 0.29) is 30.8 Å². The van der Waals surface area contributed by atoms with E-state index in [1.54, 1.807) is 17.5 Å². The minimum Gasteiger partial charge on any atom is -0.366 e. The molecule has 202 valence electrons. The van der Waals surface area contributed by atoms with Gasteiger partial charge in [0.15, 0.2) is 0 Å². The lowest BCUT2D eigenvalue weighted by Crippen LogP contribution is -2.33. The van der Waals surface area contributed by atoms with Crippen LogP contribution in [-0.2, 0) is 4.84 Å². The maximum absolute atomic E-state index is 12.6. The highest BCUT2D eigenvalue weighted by molar-refractivity contribution is 9.10. The molecule has 2 fully saturated rings. The van der Waals surface area contributed by atoms with Crippen LogP contribution >= 0.6 is 52.1 Å². The molecule has 3 aromatic rings. The molecule has 2 aromatic heterocycles. The quantitative estimate of drug-likeness (QED) is 0.190. The molecule has 1 aromatic carbocycles. The highest BCUT2D eigenvalue weighted by Gasteiger charge is 2.24.